The number of β-lactam (4-membered cyclic amide) rings is 1. The molecule has 0 aliphatic carbocycles. The number of thioether (sulfide) groups is 3. The molecule has 2 aromatic carbocycles. The highest BCUT2D eigenvalue weighted by Gasteiger charge is 2.66. The van der Waals surface area contributed by atoms with Crippen LogP contribution in [0.1, 0.15) is 17.2 Å². The van der Waals surface area contributed by atoms with E-state index in [0.717, 1.165) is 22.9 Å². The molecule has 1 aromatic heterocycles. The molecule has 222 valence electrons. The van der Waals surface area contributed by atoms with E-state index in [1.54, 1.807) is 7.05 Å². The summed E-state index contributed by atoms with van der Waals surface area (Å²) in [6, 6.07) is 20.7. The molecule has 0 saturated carbocycles. The van der Waals surface area contributed by atoms with Crippen molar-refractivity contribution < 1.29 is 23.9 Å². The van der Waals surface area contributed by atoms with Gasteiger partial charge in [-0.2, -0.15) is 5.26 Å². The number of carbonyl (C=O) groups excluding carboxylic acids is 3. The van der Waals surface area contributed by atoms with Crippen LogP contribution in [-0.4, -0.2) is 84.1 Å². The Morgan fingerprint density at radius 3 is 2.44 bits per heavy atom. The fourth-order valence-electron chi connectivity index (χ4n) is 4.72. The number of hydrogen-bond acceptors (Lipinski definition) is 12. The smallest absolute Gasteiger partial charge is 0.356 e. The van der Waals surface area contributed by atoms with Gasteiger partial charge in [0.05, 0.1) is 17.6 Å². The number of nitrogens with one attached hydrogen (secondary N) is 1. The van der Waals surface area contributed by atoms with E-state index in [0.29, 0.717) is 22.2 Å². The molecule has 5 rings (SSSR count). The first-order valence-corrected chi connectivity index (χ1v) is 16.2. The monoisotopic (exact) mass is 637 g/mol. The quantitative estimate of drug-likeness (QED) is 0.102. The first-order chi connectivity index (χ1) is 20.9. The van der Waals surface area contributed by atoms with Crippen LogP contribution in [-0.2, 0) is 30.9 Å². The number of carbonyl (C=O) groups is 3. The van der Waals surface area contributed by atoms with Crippen LogP contribution in [0.2, 0.25) is 0 Å². The first kappa shape index (κ1) is 30.6. The third kappa shape index (κ3) is 6.28. The van der Waals surface area contributed by atoms with Gasteiger partial charge in [0.2, 0.25) is 11.1 Å². The zero-order chi connectivity index (χ0) is 30.4. The second kappa shape index (κ2) is 13.6. The van der Waals surface area contributed by atoms with Crippen LogP contribution in [0.5, 0.6) is 0 Å². The van der Waals surface area contributed by atoms with E-state index in [-0.39, 0.29) is 17.2 Å². The summed E-state index contributed by atoms with van der Waals surface area (Å²) in [5.41, 5.74) is 0.648. The van der Waals surface area contributed by atoms with Gasteiger partial charge < -0.3 is 14.8 Å². The highest BCUT2D eigenvalue weighted by molar-refractivity contribution is 8.01. The van der Waals surface area contributed by atoms with E-state index in [1.807, 2.05) is 66.7 Å². The minimum Gasteiger partial charge on any atom is -0.448 e. The lowest BCUT2D eigenvalue weighted by Gasteiger charge is -2.56. The van der Waals surface area contributed by atoms with Crippen molar-refractivity contribution in [3.63, 3.8) is 0 Å². The van der Waals surface area contributed by atoms with Crippen molar-refractivity contribution >= 4 is 53.1 Å². The average Bonchev–Trinajstić information content (AvgIpc) is 3.45. The van der Waals surface area contributed by atoms with E-state index in [9.17, 15) is 14.4 Å². The van der Waals surface area contributed by atoms with Crippen LogP contribution in [0, 0.1) is 11.3 Å². The summed E-state index contributed by atoms with van der Waals surface area (Å²) < 4.78 is 13.3. The summed E-state index contributed by atoms with van der Waals surface area (Å²) in [6.07, 6.45) is -0.729. The molecule has 12 nitrogen and oxygen atoms in total. The Morgan fingerprint density at radius 2 is 1.86 bits per heavy atom. The molecule has 43 heavy (non-hydrogen) atoms. The van der Waals surface area contributed by atoms with Crippen molar-refractivity contribution in [3.05, 3.63) is 83.1 Å². The summed E-state index contributed by atoms with van der Waals surface area (Å²) in [6.45, 7) is 0. The summed E-state index contributed by atoms with van der Waals surface area (Å²) in [4.78, 5) is 42.0. The third-order valence-corrected chi connectivity index (χ3v) is 10.0. The number of nitrogens with zero attached hydrogens (tertiary/aromatic N) is 6. The molecule has 0 bridgehead atoms. The molecule has 2 unspecified atom stereocenters. The van der Waals surface area contributed by atoms with Gasteiger partial charge in [-0.25, -0.2) is 9.48 Å². The van der Waals surface area contributed by atoms with E-state index in [4.69, 9.17) is 14.7 Å². The van der Waals surface area contributed by atoms with Gasteiger partial charge in [0.15, 0.2) is 6.10 Å². The van der Waals surface area contributed by atoms with Gasteiger partial charge in [0, 0.05) is 25.7 Å². The molecule has 0 spiro atoms. The Kier molecular flexibility index (Phi) is 9.71. The van der Waals surface area contributed by atoms with Gasteiger partial charge in [-0.1, -0.05) is 72.4 Å². The van der Waals surface area contributed by atoms with Crippen molar-refractivity contribution in [2.45, 2.75) is 22.4 Å². The number of nitriles is 1. The van der Waals surface area contributed by atoms with Gasteiger partial charge in [-0.3, -0.25) is 14.5 Å². The fourth-order valence-corrected chi connectivity index (χ4v) is 7.60. The number of fused-ring (bicyclic) bond motifs is 1. The Labute approximate surface area is 260 Å². The average molecular weight is 638 g/mol. The molecule has 2 atom stereocenters. The second-order valence-corrected chi connectivity index (χ2v) is 12.4. The lowest BCUT2D eigenvalue weighted by molar-refractivity contribution is -0.192. The summed E-state index contributed by atoms with van der Waals surface area (Å²) in [5, 5.41) is 22.9. The highest BCUT2D eigenvalue weighted by atomic mass is 32.2. The maximum atomic E-state index is 14.1. The number of esters is 1. The molecular weight excluding hydrogens is 611 g/mol. The molecule has 0 radical (unpaired) electrons. The molecular formula is C28H27N7O5S3. The van der Waals surface area contributed by atoms with Crippen LogP contribution < -0.4 is 5.32 Å². The maximum Gasteiger partial charge on any atom is 0.356 e. The van der Waals surface area contributed by atoms with Crippen molar-refractivity contribution in [3.8, 4) is 6.07 Å². The van der Waals surface area contributed by atoms with Crippen molar-refractivity contribution in [2.24, 2.45) is 7.05 Å². The van der Waals surface area contributed by atoms with Crippen LogP contribution in [0.4, 0.5) is 0 Å². The second-order valence-electron chi connectivity index (χ2n) is 9.41. The number of amides is 2. The SMILES string of the molecule is COC1(NC(=O)CSCC#N)C(=O)N2C(C(=O)OC(c3ccccc3)c3ccccc3)=C(CSc3nnnn3C)CSC21. The number of methoxy groups -OCH3 is 1. The van der Waals surface area contributed by atoms with Crippen molar-refractivity contribution in [2.75, 3.05) is 30.1 Å². The Hall–Kier alpha value is -3.84. The molecule has 1 fully saturated rings. The Morgan fingerprint density at radius 1 is 1.19 bits per heavy atom. The molecule has 1 saturated heterocycles. The molecule has 3 heterocycles. The van der Waals surface area contributed by atoms with Gasteiger partial charge in [0.1, 0.15) is 11.1 Å². The zero-order valence-electron chi connectivity index (χ0n) is 23.2. The van der Waals surface area contributed by atoms with Gasteiger partial charge >= 0.3 is 5.97 Å². The van der Waals surface area contributed by atoms with Crippen LogP contribution in [0.3, 0.4) is 0 Å². The number of benzene rings is 2. The topological polar surface area (TPSA) is 152 Å². The maximum absolute atomic E-state index is 14.1. The summed E-state index contributed by atoms with van der Waals surface area (Å²) in [7, 11) is 3.05. The number of aromatic nitrogens is 4. The van der Waals surface area contributed by atoms with E-state index in [2.05, 4.69) is 20.8 Å². The summed E-state index contributed by atoms with van der Waals surface area (Å²) >= 11 is 3.83. The van der Waals surface area contributed by atoms with Crippen molar-refractivity contribution in [1.82, 2.24) is 30.4 Å². The molecule has 1 N–H and O–H groups in total. The lowest BCUT2D eigenvalue weighted by Crippen LogP contribution is -2.80. The first-order valence-electron chi connectivity index (χ1n) is 13.0. The van der Waals surface area contributed by atoms with Gasteiger partial charge in [-0.05, 0) is 27.1 Å². The van der Waals surface area contributed by atoms with E-state index >= 15 is 0 Å². The highest BCUT2D eigenvalue weighted by Crippen LogP contribution is 2.48. The molecule has 3 aromatic rings. The zero-order valence-corrected chi connectivity index (χ0v) is 25.7. The Bertz CT molecular complexity index is 1520. The van der Waals surface area contributed by atoms with Gasteiger partial charge in [0.25, 0.3) is 11.6 Å². The van der Waals surface area contributed by atoms with Crippen LogP contribution in [0.15, 0.2) is 77.1 Å². The predicted octanol–water partition coefficient (Wildman–Crippen LogP) is 2.52. The lowest BCUT2D eigenvalue weighted by atomic mass is 9.98. The fraction of sp³-hybridized carbons (Fsp3) is 0.321. The summed E-state index contributed by atoms with van der Waals surface area (Å²) in [5.74, 6) is -0.912. The molecule has 2 aliphatic rings. The standard InChI is InChI=1S/C28H27N7O5S3/c1-34-27(31-32-33-34)43-16-20-15-42-26-28(39-2,30-21(36)17-41-14-13-29)25(38)35(26)22(20)24(37)40-23(18-9-5-3-6-10-18)19-11-7-4-8-12-19/h3-12,23,26H,14-17H2,1-2H3,(H,30,36). The van der Waals surface area contributed by atoms with Crippen molar-refractivity contribution in [1.29, 1.82) is 5.26 Å². The normalized spacial score (nSPS) is 19.4. The van der Waals surface area contributed by atoms with E-state index < -0.39 is 35.0 Å². The Balaban J connectivity index is 1.47. The largest absolute Gasteiger partial charge is 0.448 e. The predicted molar refractivity (Wildman–Crippen MR) is 161 cm³/mol. The molecule has 2 amide bonds. The minimum atomic E-state index is -1.66. The number of aryl methyl sites for hydroxylation is 1. The number of ether oxygens (including phenoxy) is 2. The number of hydrogen-bond donors (Lipinski definition) is 1. The van der Waals surface area contributed by atoms with Gasteiger partial charge in [-0.15, -0.1) is 28.6 Å². The molecule has 2 aliphatic heterocycles. The van der Waals surface area contributed by atoms with E-state index in [1.165, 1.54) is 40.2 Å². The minimum absolute atomic E-state index is 0.0163. The van der Waals surface area contributed by atoms with Crippen LogP contribution >= 0.6 is 35.3 Å². The molecule has 15 heteroatoms. The number of rotatable bonds is 12. The van der Waals surface area contributed by atoms with Crippen LogP contribution in [0.25, 0.3) is 0 Å². The third-order valence-electron chi connectivity index (χ3n) is 6.74. The number of tetrazole rings is 1.